The first kappa shape index (κ1) is 16.7. The fraction of sp³-hybridized carbons (Fsp3) is 0.714. The molecule has 0 radical (unpaired) electrons. The van der Waals surface area contributed by atoms with Crippen LogP contribution in [0.4, 0.5) is 5.69 Å². The number of aliphatic hydroxyl groups excluding tert-OH is 1. The van der Waals surface area contributed by atoms with Gasteiger partial charge in [-0.3, -0.25) is 0 Å². The Morgan fingerprint density at radius 3 is 2.33 bits per heavy atom. The van der Waals surface area contributed by atoms with E-state index < -0.39 is 6.10 Å². The van der Waals surface area contributed by atoms with Crippen LogP contribution in [0.1, 0.15) is 56.6 Å². The van der Waals surface area contributed by atoms with Gasteiger partial charge in [0.2, 0.25) is 0 Å². The summed E-state index contributed by atoms with van der Waals surface area (Å²) < 4.78 is 0. The van der Waals surface area contributed by atoms with Crippen molar-refractivity contribution in [2.45, 2.75) is 63.4 Å². The smallest absolute Gasteiger partial charge is 0.0847 e. The van der Waals surface area contributed by atoms with Gasteiger partial charge >= 0.3 is 0 Å². The standard InChI is InChI=1S/C21H30ClNO/c1-2-17-3-4-18(8-20(17)23-13-19(24)12-22)21-9-14-5-15(10-21)7-16(6-14)11-21/h3-4,8,14-16,19,23-24H,2,5-7,9-13H2,1H3. The Balaban J connectivity index is 1.61. The van der Waals surface area contributed by atoms with Gasteiger partial charge in [-0.05, 0) is 85.3 Å². The van der Waals surface area contributed by atoms with E-state index in [2.05, 4.69) is 30.4 Å². The van der Waals surface area contributed by atoms with Crippen LogP contribution in [-0.4, -0.2) is 23.6 Å². The molecular formula is C21H30ClNO. The third-order valence-electron chi connectivity index (χ3n) is 6.85. The molecule has 24 heavy (non-hydrogen) atoms. The maximum absolute atomic E-state index is 9.79. The van der Waals surface area contributed by atoms with E-state index in [0.29, 0.717) is 12.0 Å². The van der Waals surface area contributed by atoms with Crippen LogP contribution in [-0.2, 0) is 11.8 Å². The summed E-state index contributed by atoms with van der Waals surface area (Å²) in [4.78, 5) is 0. The van der Waals surface area contributed by atoms with Gasteiger partial charge in [-0.2, -0.15) is 0 Å². The highest BCUT2D eigenvalue weighted by atomic mass is 35.5. The second kappa shape index (κ2) is 6.53. The van der Waals surface area contributed by atoms with Crippen molar-refractivity contribution in [2.75, 3.05) is 17.7 Å². The average Bonchev–Trinajstić information content (AvgIpc) is 2.58. The average molecular weight is 348 g/mol. The molecule has 4 aliphatic rings. The van der Waals surface area contributed by atoms with E-state index in [1.165, 1.54) is 49.8 Å². The van der Waals surface area contributed by atoms with Gasteiger partial charge in [0.25, 0.3) is 0 Å². The molecule has 2 nitrogen and oxygen atoms in total. The highest BCUT2D eigenvalue weighted by molar-refractivity contribution is 6.18. The predicted octanol–water partition coefficient (Wildman–Crippen LogP) is 4.73. The third kappa shape index (κ3) is 2.97. The molecule has 1 atom stereocenters. The fourth-order valence-corrected chi connectivity index (χ4v) is 6.23. The van der Waals surface area contributed by atoms with E-state index in [1.807, 2.05) is 0 Å². The van der Waals surface area contributed by atoms with Crippen LogP contribution < -0.4 is 5.32 Å². The summed E-state index contributed by atoms with van der Waals surface area (Å²) in [6.07, 6.45) is 9.18. The first-order valence-electron chi connectivity index (χ1n) is 9.73. The topological polar surface area (TPSA) is 32.3 Å². The normalized spacial score (nSPS) is 35.2. The second-order valence-electron chi connectivity index (χ2n) is 8.61. The number of alkyl halides is 1. The van der Waals surface area contributed by atoms with Crippen LogP contribution in [0.15, 0.2) is 18.2 Å². The monoisotopic (exact) mass is 347 g/mol. The summed E-state index contributed by atoms with van der Waals surface area (Å²) in [5, 5.41) is 13.2. The molecule has 5 rings (SSSR count). The van der Waals surface area contributed by atoms with Gasteiger partial charge in [0.05, 0.1) is 12.0 Å². The SMILES string of the molecule is CCc1ccc(C23CC4CC(CC(C4)C2)C3)cc1NCC(O)CCl. The zero-order valence-corrected chi connectivity index (χ0v) is 15.5. The van der Waals surface area contributed by atoms with Crippen molar-refractivity contribution in [3.63, 3.8) is 0 Å². The van der Waals surface area contributed by atoms with Crippen LogP contribution in [0.5, 0.6) is 0 Å². The maximum atomic E-state index is 9.79. The van der Waals surface area contributed by atoms with Crippen LogP contribution in [0.25, 0.3) is 0 Å². The van der Waals surface area contributed by atoms with Gasteiger partial charge in [-0.15, -0.1) is 11.6 Å². The number of nitrogens with one attached hydrogen (secondary N) is 1. The lowest BCUT2D eigenvalue weighted by Gasteiger charge is -2.57. The molecule has 0 amide bonds. The number of halogens is 1. The summed E-state index contributed by atoms with van der Waals surface area (Å²) in [5.41, 5.74) is 4.52. The molecule has 4 aliphatic carbocycles. The maximum Gasteiger partial charge on any atom is 0.0847 e. The minimum Gasteiger partial charge on any atom is -0.390 e. The van der Waals surface area contributed by atoms with Crippen LogP contribution in [0.2, 0.25) is 0 Å². The molecule has 1 unspecified atom stereocenters. The molecule has 4 bridgehead atoms. The van der Waals surface area contributed by atoms with Gasteiger partial charge in [0.15, 0.2) is 0 Å². The van der Waals surface area contributed by atoms with Crippen molar-refractivity contribution >= 4 is 17.3 Å². The van der Waals surface area contributed by atoms with Crippen molar-refractivity contribution in [1.82, 2.24) is 0 Å². The first-order valence-corrected chi connectivity index (χ1v) is 10.3. The van der Waals surface area contributed by atoms with Crippen molar-refractivity contribution in [3.8, 4) is 0 Å². The molecule has 3 heteroatoms. The molecule has 0 aromatic heterocycles. The molecule has 0 heterocycles. The van der Waals surface area contributed by atoms with E-state index in [9.17, 15) is 5.11 Å². The van der Waals surface area contributed by atoms with Crippen LogP contribution in [0.3, 0.4) is 0 Å². The number of rotatable bonds is 6. The molecule has 0 saturated heterocycles. The number of hydrogen-bond acceptors (Lipinski definition) is 2. The second-order valence-corrected chi connectivity index (χ2v) is 8.92. The Hall–Kier alpha value is -0.730. The molecule has 1 aromatic carbocycles. The quantitative estimate of drug-likeness (QED) is 0.729. The summed E-state index contributed by atoms with van der Waals surface area (Å²) in [5.74, 6) is 3.19. The number of aliphatic hydroxyl groups is 1. The lowest BCUT2D eigenvalue weighted by Crippen LogP contribution is -2.48. The van der Waals surface area contributed by atoms with Gasteiger partial charge < -0.3 is 10.4 Å². The van der Waals surface area contributed by atoms with Crippen molar-refractivity contribution in [2.24, 2.45) is 17.8 Å². The Bertz CT molecular complexity index is 564. The Labute approximate surface area is 151 Å². The Morgan fingerprint density at radius 2 is 1.79 bits per heavy atom. The first-order chi connectivity index (χ1) is 11.6. The zero-order valence-electron chi connectivity index (χ0n) is 14.7. The molecule has 0 aliphatic heterocycles. The summed E-state index contributed by atoms with van der Waals surface area (Å²) in [7, 11) is 0. The van der Waals surface area contributed by atoms with Gasteiger partial charge in [0, 0.05) is 12.2 Å². The van der Waals surface area contributed by atoms with Gasteiger partial charge in [-0.1, -0.05) is 19.1 Å². The third-order valence-corrected chi connectivity index (χ3v) is 7.20. The van der Waals surface area contributed by atoms with Gasteiger partial charge in [0.1, 0.15) is 0 Å². The lowest BCUT2D eigenvalue weighted by molar-refractivity contribution is -0.00517. The molecule has 0 spiro atoms. The number of hydrogen-bond donors (Lipinski definition) is 2. The van der Waals surface area contributed by atoms with E-state index in [-0.39, 0.29) is 5.88 Å². The zero-order chi connectivity index (χ0) is 16.7. The summed E-state index contributed by atoms with van der Waals surface area (Å²) >= 11 is 5.74. The Kier molecular flexibility index (Phi) is 4.55. The van der Waals surface area contributed by atoms with Crippen LogP contribution >= 0.6 is 11.6 Å². The van der Waals surface area contributed by atoms with E-state index in [0.717, 1.165) is 24.2 Å². The Morgan fingerprint density at radius 1 is 1.17 bits per heavy atom. The van der Waals surface area contributed by atoms with Gasteiger partial charge in [-0.25, -0.2) is 0 Å². The number of benzene rings is 1. The molecular weight excluding hydrogens is 318 g/mol. The highest BCUT2D eigenvalue weighted by Gasteiger charge is 2.51. The summed E-state index contributed by atoms with van der Waals surface area (Å²) in [6.45, 7) is 2.73. The minimum atomic E-state index is -0.487. The molecule has 4 saturated carbocycles. The van der Waals surface area contributed by atoms with Crippen molar-refractivity contribution in [1.29, 1.82) is 0 Å². The van der Waals surface area contributed by atoms with Crippen molar-refractivity contribution in [3.05, 3.63) is 29.3 Å². The number of anilines is 1. The largest absolute Gasteiger partial charge is 0.390 e. The van der Waals surface area contributed by atoms with E-state index in [4.69, 9.17) is 11.6 Å². The minimum absolute atomic E-state index is 0.281. The molecule has 2 N–H and O–H groups in total. The molecule has 4 fully saturated rings. The molecule has 132 valence electrons. The highest BCUT2D eigenvalue weighted by Crippen LogP contribution is 2.60. The summed E-state index contributed by atoms with van der Waals surface area (Å²) in [6, 6.07) is 7.10. The van der Waals surface area contributed by atoms with Crippen LogP contribution in [0, 0.1) is 17.8 Å². The van der Waals surface area contributed by atoms with E-state index >= 15 is 0 Å². The number of aryl methyl sites for hydroxylation is 1. The fourth-order valence-electron chi connectivity index (χ4n) is 6.13. The predicted molar refractivity (Wildman–Crippen MR) is 101 cm³/mol. The van der Waals surface area contributed by atoms with Crippen molar-refractivity contribution < 1.29 is 5.11 Å². The molecule has 1 aromatic rings. The van der Waals surface area contributed by atoms with E-state index in [1.54, 1.807) is 5.56 Å². The lowest BCUT2D eigenvalue weighted by atomic mass is 9.48.